The number of methoxy groups -OCH3 is 1. The molecule has 86 valence electrons. The standard InChI is InChI=1S/C11H10F2O3/c1-16-8-4-2-3-7(5-8)10(9(14)15)6-11(10,12)13/h2-5H,6H2,1H3,(H,14,15). The molecule has 1 unspecified atom stereocenters. The molecular formula is C11H10F2O3. The Balaban J connectivity index is 2.47. The minimum atomic E-state index is -3.18. The Hall–Kier alpha value is -1.65. The number of rotatable bonds is 3. The Labute approximate surface area is 90.7 Å². The molecule has 2 rings (SSSR count). The predicted molar refractivity (Wildman–Crippen MR) is 51.9 cm³/mol. The summed E-state index contributed by atoms with van der Waals surface area (Å²) >= 11 is 0. The van der Waals surface area contributed by atoms with E-state index in [9.17, 15) is 13.6 Å². The molecule has 0 aliphatic heterocycles. The Kier molecular flexibility index (Phi) is 2.15. The van der Waals surface area contributed by atoms with Crippen molar-refractivity contribution in [2.24, 2.45) is 0 Å². The molecule has 3 nitrogen and oxygen atoms in total. The van der Waals surface area contributed by atoms with Gasteiger partial charge in [-0.3, -0.25) is 4.79 Å². The molecule has 5 heteroatoms. The highest BCUT2D eigenvalue weighted by Gasteiger charge is 2.77. The quantitative estimate of drug-likeness (QED) is 0.861. The summed E-state index contributed by atoms with van der Waals surface area (Å²) in [5.41, 5.74) is -1.98. The monoisotopic (exact) mass is 228 g/mol. The highest BCUT2D eigenvalue weighted by molar-refractivity contribution is 5.87. The van der Waals surface area contributed by atoms with E-state index in [0.717, 1.165) is 0 Å². The molecule has 1 aromatic carbocycles. The largest absolute Gasteiger partial charge is 0.497 e. The normalized spacial score (nSPS) is 26.2. The molecule has 0 radical (unpaired) electrons. The molecule has 0 bridgehead atoms. The average molecular weight is 228 g/mol. The number of carbonyl (C=O) groups is 1. The van der Waals surface area contributed by atoms with Crippen LogP contribution in [-0.2, 0) is 10.2 Å². The van der Waals surface area contributed by atoms with E-state index >= 15 is 0 Å². The number of alkyl halides is 2. The molecule has 1 aliphatic carbocycles. The van der Waals surface area contributed by atoms with Gasteiger partial charge in [0.25, 0.3) is 5.92 Å². The van der Waals surface area contributed by atoms with Crippen molar-refractivity contribution in [2.45, 2.75) is 17.8 Å². The third-order valence-electron chi connectivity index (χ3n) is 2.91. The number of aliphatic carboxylic acids is 1. The van der Waals surface area contributed by atoms with Crippen molar-refractivity contribution in [1.82, 2.24) is 0 Å². The van der Waals surface area contributed by atoms with Gasteiger partial charge in [0.2, 0.25) is 0 Å². The zero-order valence-corrected chi connectivity index (χ0v) is 8.54. The van der Waals surface area contributed by atoms with E-state index in [1.165, 1.54) is 25.3 Å². The molecule has 1 aliphatic rings. The van der Waals surface area contributed by atoms with Crippen LogP contribution in [0, 0.1) is 0 Å². The molecule has 16 heavy (non-hydrogen) atoms. The van der Waals surface area contributed by atoms with Crippen LogP contribution in [0.1, 0.15) is 12.0 Å². The number of carboxylic acids is 1. The summed E-state index contributed by atoms with van der Waals surface area (Å²) in [7, 11) is 1.40. The van der Waals surface area contributed by atoms with E-state index in [-0.39, 0.29) is 5.56 Å². The van der Waals surface area contributed by atoms with Crippen LogP contribution >= 0.6 is 0 Å². The van der Waals surface area contributed by atoms with Gasteiger partial charge in [-0.05, 0) is 17.7 Å². The van der Waals surface area contributed by atoms with Gasteiger partial charge in [-0.15, -0.1) is 0 Å². The molecule has 0 spiro atoms. The number of ether oxygens (including phenoxy) is 1. The zero-order valence-electron chi connectivity index (χ0n) is 8.54. The summed E-state index contributed by atoms with van der Waals surface area (Å²) in [5.74, 6) is -4.29. The summed E-state index contributed by atoms with van der Waals surface area (Å²) in [6.07, 6.45) is -0.650. The van der Waals surface area contributed by atoms with Gasteiger partial charge in [0.1, 0.15) is 5.75 Å². The first-order valence-electron chi connectivity index (χ1n) is 4.70. The Bertz CT molecular complexity index is 445. The van der Waals surface area contributed by atoms with Crippen LogP contribution in [0.4, 0.5) is 8.78 Å². The first-order valence-corrected chi connectivity index (χ1v) is 4.70. The topological polar surface area (TPSA) is 46.5 Å². The first-order chi connectivity index (χ1) is 7.44. The van der Waals surface area contributed by atoms with Crippen LogP contribution in [0.25, 0.3) is 0 Å². The molecule has 1 saturated carbocycles. The van der Waals surface area contributed by atoms with Crippen molar-refractivity contribution in [3.05, 3.63) is 29.8 Å². The lowest BCUT2D eigenvalue weighted by Gasteiger charge is -2.12. The SMILES string of the molecule is COc1cccc(C2(C(=O)O)CC2(F)F)c1. The van der Waals surface area contributed by atoms with Crippen molar-refractivity contribution in [1.29, 1.82) is 0 Å². The molecule has 1 fully saturated rings. The molecule has 0 amide bonds. The van der Waals surface area contributed by atoms with Crippen molar-refractivity contribution < 1.29 is 23.4 Å². The summed E-state index contributed by atoms with van der Waals surface area (Å²) < 4.78 is 31.3. The van der Waals surface area contributed by atoms with E-state index in [0.29, 0.717) is 5.75 Å². The Morgan fingerprint density at radius 1 is 1.50 bits per heavy atom. The lowest BCUT2D eigenvalue weighted by molar-refractivity contribution is -0.142. The zero-order chi connectivity index (χ0) is 12.0. The Morgan fingerprint density at radius 3 is 2.56 bits per heavy atom. The van der Waals surface area contributed by atoms with Gasteiger partial charge in [0.15, 0.2) is 5.41 Å². The highest BCUT2D eigenvalue weighted by Crippen LogP contribution is 2.61. The van der Waals surface area contributed by atoms with Crippen LogP contribution < -0.4 is 4.74 Å². The summed E-state index contributed by atoms with van der Waals surface area (Å²) in [6.45, 7) is 0. The van der Waals surface area contributed by atoms with Crippen LogP contribution in [0.15, 0.2) is 24.3 Å². The van der Waals surface area contributed by atoms with E-state index in [1.807, 2.05) is 0 Å². The van der Waals surface area contributed by atoms with Crippen LogP contribution in [-0.4, -0.2) is 24.1 Å². The molecule has 1 N–H and O–H groups in total. The van der Waals surface area contributed by atoms with E-state index < -0.39 is 23.7 Å². The fraction of sp³-hybridized carbons (Fsp3) is 0.364. The minimum Gasteiger partial charge on any atom is -0.497 e. The van der Waals surface area contributed by atoms with E-state index in [1.54, 1.807) is 6.07 Å². The number of carboxylic acid groups (broad SMARTS) is 1. The molecule has 1 atom stereocenters. The number of halogens is 2. The van der Waals surface area contributed by atoms with Crippen molar-refractivity contribution >= 4 is 5.97 Å². The lowest BCUT2D eigenvalue weighted by Crippen LogP contribution is -2.27. The van der Waals surface area contributed by atoms with Crippen LogP contribution in [0.3, 0.4) is 0 Å². The third-order valence-corrected chi connectivity index (χ3v) is 2.91. The Morgan fingerprint density at radius 2 is 2.12 bits per heavy atom. The second-order valence-corrected chi connectivity index (χ2v) is 3.82. The average Bonchev–Trinajstić information content (AvgIpc) is 2.83. The molecule has 0 heterocycles. The second kappa shape index (κ2) is 3.17. The van der Waals surface area contributed by atoms with Crippen LogP contribution in [0.2, 0.25) is 0 Å². The highest BCUT2D eigenvalue weighted by atomic mass is 19.3. The third kappa shape index (κ3) is 1.27. The number of benzene rings is 1. The van der Waals surface area contributed by atoms with Gasteiger partial charge < -0.3 is 9.84 Å². The van der Waals surface area contributed by atoms with Gasteiger partial charge >= 0.3 is 5.97 Å². The maximum absolute atomic E-state index is 13.2. The van der Waals surface area contributed by atoms with Crippen molar-refractivity contribution in [2.75, 3.05) is 7.11 Å². The maximum Gasteiger partial charge on any atom is 0.320 e. The van der Waals surface area contributed by atoms with Crippen molar-refractivity contribution in [3.8, 4) is 5.75 Å². The van der Waals surface area contributed by atoms with E-state index in [2.05, 4.69) is 0 Å². The second-order valence-electron chi connectivity index (χ2n) is 3.82. The predicted octanol–water partition coefficient (Wildman–Crippen LogP) is 2.06. The molecular weight excluding hydrogens is 218 g/mol. The molecule has 0 saturated heterocycles. The fourth-order valence-electron chi connectivity index (χ4n) is 1.85. The van der Waals surface area contributed by atoms with Gasteiger partial charge in [-0.2, -0.15) is 0 Å². The molecule has 1 aromatic rings. The summed E-state index contributed by atoms with van der Waals surface area (Å²) in [6, 6.07) is 5.82. The van der Waals surface area contributed by atoms with Gasteiger partial charge in [0, 0.05) is 6.42 Å². The fourth-order valence-corrected chi connectivity index (χ4v) is 1.85. The number of hydrogen-bond donors (Lipinski definition) is 1. The van der Waals surface area contributed by atoms with E-state index in [4.69, 9.17) is 9.84 Å². The van der Waals surface area contributed by atoms with Crippen molar-refractivity contribution in [3.63, 3.8) is 0 Å². The van der Waals surface area contributed by atoms with Gasteiger partial charge in [-0.1, -0.05) is 12.1 Å². The lowest BCUT2D eigenvalue weighted by atomic mass is 9.95. The first kappa shape index (κ1) is 10.9. The number of hydrogen-bond acceptors (Lipinski definition) is 2. The maximum atomic E-state index is 13.2. The van der Waals surface area contributed by atoms with Gasteiger partial charge in [0.05, 0.1) is 7.11 Å². The smallest absolute Gasteiger partial charge is 0.320 e. The summed E-state index contributed by atoms with van der Waals surface area (Å²) in [5, 5.41) is 8.94. The van der Waals surface area contributed by atoms with Gasteiger partial charge in [-0.25, -0.2) is 8.78 Å². The minimum absolute atomic E-state index is 0.0874. The summed E-state index contributed by atoms with van der Waals surface area (Å²) in [4.78, 5) is 11.0. The molecule has 0 aromatic heterocycles. The van der Waals surface area contributed by atoms with Crippen LogP contribution in [0.5, 0.6) is 5.75 Å².